The van der Waals surface area contributed by atoms with E-state index in [-0.39, 0.29) is 17.9 Å². The van der Waals surface area contributed by atoms with Gasteiger partial charge in [0.1, 0.15) is 17.5 Å². The van der Waals surface area contributed by atoms with Crippen LogP contribution in [0.1, 0.15) is 33.6 Å². The molecule has 40 heavy (non-hydrogen) atoms. The van der Waals surface area contributed by atoms with Crippen LogP contribution in [-0.2, 0) is 4.74 Å². The highest BCUT2D eigenvalue weighted by atomic mass is 16.6. The topological polar surface area (TPSA) is 130 Å². The van der Waals surface area contributed by atoms with E-state index in [0.29, 0.717) is 48.1 Å². The van der Waals surface area contributed by atoms with Gasteiger partial charge in [0.25, 0.3) is 0 Å². The zero-order valence-electron chi connectivity index (χ0n) is 23.0. The van der Waals surface area contributed by atoms with Crippen LogP contribution in [0.3, 0.4) is 0 Å². The number of carbonyl (C=O) groups is 1. The Morgan fingerprint density at radius 3 is 2.45 bits per heavy atom. The summed E-state index contributed by atoms with van der Waals surface area (Å²) in [6.07, 6.45) is 3.49. The fraction of sp³-hybridized carbons (Fsp3) is 0.448. The van der Waals surface area contributed by atoms with Crippen molar-refractivity contribution in [1.82, 2.24) is 20.1 Å². The Hall–Kier alpha value is -4.28. The molecule has 0 radical (unpaired) electrons. The molecule has 3 fully saturated rings. The molecule has 3 aliphatic heterocycles. The molecule has 11 nitrogen and oxygen atoms in total. The van der Waals surface area contributed by atoms with Crippen LogP contribution in [0.4, 0.5) is 22.0 Å². The summed E-state index contributed by atoms with van der Waals surface area (Å²) in [5, 5.41) is 18.8. The summed E-state index contributed by atoms with van der Waals surface area (Å²) >= 11 is 0. The zero-order valence-corrected chi connectivity index (χ0v) is 23.0. The number of nitrogens with two attached hydrogens (primary N) is 1. The molecule has 3 N–H and O–H groups in total. The molecule has 2 aromatic heterocycles. The number of nitrogen functional groups attached to an aromatic ring is 1. The van der Waals surface area contributed by atoms with E-state index >= 15 is 0 Å². The number of ether oxygens (including phenoxy) is 2. The lowest BCUT2D eigenvalue weighted by Crippen LogP contribution is -2.57. The van der Waals surface area contributed by atoms with Gasteiger partial charge in [-0.2, -0.15) is 0 Å². The van der Waals surface area contributed by atoms with Crippen LogP contribution in [0.2, 0.25) is 0 Å². The monoisotopic (exact) mass is 545 g/mol. The number of likely N-dealkylation sites (tertiary alicyclic amines) is 1. The molecule has 0 aliphatic carbocycles. The number of para-hydroxylation sites is 1. The van der Waals surface area contributed by atoms with E-state index in [1.54, 1.807) is 23.2 Å². The number of pyridine rings is 1. The Labute approximate surface area is 233 Å². The van der Waals surface area contributed by atoms with E-state index in [4.69, 9.17) is 15.2 Å². The molecule has 0 saturated carbocycles. The summed E-state index contributed by atoms with van der Waals surface area (Å²) in [5.74, 6) is 1.10. The zero-order chi connectivity index (χ0) is 28.0. The molecule has 11 heteroatoms. The van der Waals surface area contributed by atoms with Crippen LogP contribution in [0.15, 0.2) is 48.7 Å². The van der Waals surface area contributed by atoms with Crippen LogP contribution in [0.5, 0.6) is 11.6 Å². The summed E-state index contributed by atoms with van der Waals surface area (Å²) in [4.78, 5) is 23.0. The SMILES string of the molecule is CC(C)(C)OC(=O)N1CC(Oc2cc(N3C4CCC3CN(c3cc(-c5ccccc5O)nnc3N)C4)ccn2)C1. The minimum atomic E-state index is -0.519. The molecule has 2 atom stereocenters. The number of nitrogens with zero attached hydrogens (tertiary/aromatic N) is 6. The van der Waals surface area contributed by atoms with Gasteiger partial charge in [-0.05, 0) is 57.9 Å². The summed E-state index contributed by atoms with van der Waals surface area (Å²) in [7, 11) is 0. The number of benzene rings is 1. The highest BCUT2D eigenvalue weighted by Crippen LogP contribution is 2.39. The maximum absolute atomic E-state index is 12.2. The average molecular weight is 546 g/mol. The van der Waals surface area contributed by atoms with Gasteiger partial charge in [-0.15, -0.1) is 10.2 Å². The predicted octanol–water partition coefficient (Wildman–Crippen LogP) is 3.68. The number of piperazine rings is 1. The number of aromatic nitrogens is 3. The van der Waals surface area contributed by atoms with Gasteiger partial charge in [0.2, 0.25) is 5.88 Å². The normalized spacial score (nSPS) is 20.8. The van der Waals surface area contributed by atoms with Crippen molar-refractivity contribution in [1.29, 1.82) is 0 Å². The van der Waals surface area contributed by atoms with E-state index in [2.05, 4.69) is 25.0 Å². The second-order valence-corrected chi connectivity index (χ2v) is 11.7. The van der Waals surface area contributed by atoms with Crippen molar-refractivity contribution in [3.63, 3.8) is 0 Å². The first kappa shape index (κ1) is 26.0. The van der Waals surface area contributed by atoms with E-state index in [1.165, 1.54) is 0 Å². The molecule has 1 aromatic carbocycles. The van der Waals surface area contributed by atoms with Crippen molar-refractivity contribution < 1.29 is 19.4 Å². The third kappa shape index (κ3) is 5.15. The molecule has 1 amide bonds. The number of aromatic hydroxyl groups is 1. The molecular weight excluding hydrogens is 510 g/mol. The van der Waals surface area contributed by atoms with Gasteiger partial charge < -0.3 is 35.0 Å². The molecule has 6 rings (SSSR count). The molecule has 3 aromatic rings. The predicted molar refractivity (Wildman–Crippen MR) is 152 cm³/mol. The first-order chi connectivity index (χ1) is 19.1. The van der Waals surface area contributed by atoms with Crippen LogP contribution >= 0.6 is 0 Å². The van der Waals surface area contributed by atoms with Crippen molar-refractivity contribution in [2.45, 2.75) is 57.4 Å². The molecule has 2 bridgehead atoms. The lowest BCUT2D eigenvalue weighted by atomic mass is 10.1. The second kappa shape index (κ2) is 10.0. The number of phenolic OH excluding ortho intramolecular Hbond substituents is 1. The Morgan fingerprint density at radius 1 is 1.02 bits per heavy atom. The molecule has 5 heterocycles. The van der Waals surface area contributed by atoms with E-state index < -0.39 is 5.60 Å². The third-order valence-electron chi connectivity index (χ3n) is 7.61. The molecule has 3 saturated heterocycles. The van der Waals surface area contributed by atoms with Crippen LogP contribution in [0.25, 0.3) is 11.3 Å². The minimum absolute atomic E-state index is 0.107. The fourth-order valence-corrected chi connectivity index (χ4v) is 5.77. The number of anilines is 3. The molecule has 3 aliphatic rings. The number of hydrogen-bond donors (Lipinski definition) is 2. The minimum Gasteiger partial charge on any atom is -0.507 e. The standard InChI is InChI=1S/C29H35N7O4/c1-29(2,3)40-28(38)35-16-21(17-35)39-26-12-18(10-11-31-26)36-19-8-9-20(36)15-34(14-19)24-13-23(32-33-27(24)30)22-6-4-5-7-25(22)37/h4-7,10-13,19-21,37H,8-9,14-17H2,1-3H3,(H2,30,33). The number of rotatable bonds is 5. The molecule has 0 spiro atoms. The Bertz CT molecular complexity index is 1390. The van der Waals surface area contributed by atoms with Gasteiger partial charge in [0.15, 0.2) is 5.82 Å². The van der Waals surface area contributed by atoms with Crippen molar-refractivity contribution in [2.24, 2.45) is 0 Å². The summed E-state index contributed by atoms with van der Waals surface area (Å²) in [5.41, 5.74) is 8.90. The smallest absolute Gasteiger partial charge is 0.410 e. The number of phenols is 1. The number of amides is 1. The molecule has 210 valence electrons. The summed E-state index contributed by atoms with van der Waals surface area (Å²) in [6, 6.07) is 13.6. The molecule has 2 unspecified atom stereocenters. The molecular formula is C29H35N7O4. The highest BCUT2D eigenvalue weighted by molar-refractivity contribution is 5.74. The van der Waals surface area contributed by atoms with Gasteiger partial charge in [-0.1, -0.05) is 12.1 Å². The lowest BCUT2D eigenvalue weighted by Gasteiger charge is -2.43. The fourth-order valence-electron chi connectivity index (χ4n) is 5.77. The van der Waals surface area contributed by atoms with E-state index in [9.17, 15) is 9.90 Å². The van der Waals surface area contributed by atoms with Crippen molar-refractivity contribution in [3.8, 4) is 22.9 Å². The van der Waals surface area contributed by atoms with Crippen molar-refractivity contribution >= 4 is 23.3 Å². The van der Waals surface area contributed by atoms with Gasteiger partial charge in [0.05, 0.1) is 24.5 Å². The van der Waals surface area contributed by atoms with Crippen molar-refractivity contribution in [3.05, 3.63) is 48.7 Å². The van der Waals surface area contributed by atoms with E-state index in [1.807, 2.05) is 51.1 Å². The Morgan fingerprint density at radius 2 is 1.75 bits per heavy atom. The van der Waals surface area contributed by atoms with Gasteiger partial charge >= 0.3 is 6.09 Å². The van der Waals surface area contributed by atoms with Crippen LogP contribution < -0.4 is 20.3 Å². The van der Waals surface area contributed by atoms with Gasteiger partial charge in [-0.25, -0.2) is 9.78 Å². The first-order valence-corrected chi connectivity index (χ1v) is 13.7. The van der Waals surface area contributed by atoms with Gasteiger partial charge in [-0.3, -0.25) is 0 Å². The second-order valence-electron chi connectivity index (χ2n) is 11.7. The first-order valence-electron chi connectivity index (χ1n) is 13.7. The Kier molecular flexibility index (Phi) is 6.52. The third-order valence-corrected chi connectivity index (χ3v) is 7.61. The maximum atomic E-state index is 12.2. The number of fused-ring (bicyclic) bond motifs is 2. The number of carbonyl (C=O) groups excluding carboxylic acids is 1. The van der Waals surface area contributed by atoms with Crippen molar-refractivity contribution in [2.75, 3.05) is 41.7 Å². The highest BCUT2D eigenvalue weighted by Gasteiger charge is 2.41. The largest absolute Gasteiger partial charge is 0.507 e. The Balaban J connectivity index is 1.12. The van der Waals surface area contributed by atoms with Crippen LogP contribution in [-0.4, -0.2) is 81.2 Å². The quantitative estimate of drug-likeness (QED) is 0.490. The summed E-state index contributed by atoms with van der Waals surface area (Å²) in [6.45, 7) is 8.12. The average Bonchev–Trinajstić information content (AvgIpc) is 3.15. The van der Waals surface area contributed by atoms with Gasteiger partial charge in [0, 0.05) is 48.7 Å². The van der Waals surface area contributed by atoms with Crippen LogP contribution in [0, 0.1) is 0 Å². The number of hydrogen-bond acceptors (Lipinski definition) is 10. The van der Waals surface area contributed by atoms with E-state index in [0.717, 1.165) is 37.3 Å². The lowest BCUT2D eigenvalue weighted by molar-refractivity contribution is -0.0232. The summed E-state index contributed by atoms with van der Waals surface area (Å²) < 4.78 is 11.5. The maximum Gasteiger partial charge on any atom is 0.410 e.